The molecule has 1 aromatic heterocycles. The van der Waals surface area contributed by atoms with E-state index in [1.54, 1.807) is 6.07 Å². The molecule has 3 N–H and O–H groups in total. The maximum absolute atomic E-state index is 12.1. The molecule has 0 aliphatic rings. The Bertz CT molecular complexity index is 590. The molecule has 1 heterocycles. The summed E-state index contributed by atoms with van der Waals surface area (Å²) >= 11 is 4.91. The summed E-state index contributed by atoms with van der Waals surface area (Å²) in [6.45, 7) is 3.87. The summed E-state index contributed by atoms with van der Waals surface area (Å²) in [5.41, 5.74) is 7.49. The summed E-state index contributed by atoms with van der Waals surface area (Å²) in [6.07, 6.45) is 0. The number of hydrogen-bond acceptors (Lipinski definition) is 3. The molecule has 2 rings (SSSR count). The number of amides is 1. The molecule has 19 heavy (non-hydrogen) atoms. The smallest absolute Gasteiger partial charge is 0.261 e. The van der Waals surface area contributed by atoms with E-state index in [-0.39, 0.29) is 11.9 Å². The molecule has 0 bridgehead atoms. The van der Waals surface area contributed by atoms with Gasteiger partial charge in [0.1, 0.15) is 0 Å². The standard InChI is InChI=1S/C14H15BrN2OS/c1-8(10-5-3-4-6-11(10)15)17-14(18)13-7-12(16)9(2)19-13/h3-8H,16H2,1-2H3,(H,17,18). The van der Waals surface area contributed by atoms with Crippen LogP contribution in [0.2, 0.25) is 0 Å². The van der Waals surface area contributed by atoms with Crippen molar-refractivity contribution in [3.8, 4) is 0 Å². The number of carbonyl (C=O) groups is 1. The normalized spacial score (nSPS) is 12.2. The highest BCUT2D eigenvalue weighted by atomic mass is 79.9. The Balaban J connectivity index is 2.13. The summed E-state index contributed by atoms with van der Waals surface area (Å²) in [5.74, 6) is -0.0898. The fourth-order valence-electron chi connectivity index (χ4n) is 1.78. The molecule has 1 aromatic carbocycles. The van der Waals surface area contributed by atoms with Crippen LogP contribution in [0.4, 0.5) is 5.69 Å². The summed E-state index contributed by atoms with van der Waals surface area (Å²) in [5, 5.41) is 2.98. The van der Waals surface area contributed by atoms with E-state index < -0.39 is 0 Å². The van der Waals surface area contributed by atoms with Gasteiger partial charge in [0, 0.05) is 15.0 Å². The molecule has 2 aromatic rings. The summed E-state index contributed by atoms with van der Waals surface area (Å²) < 4.78 is 0.990. The average molecular weight is 339 g/mol. The SMILES string of the molecule is Cc1sc(C(=O)NC(C)c2ccccc2Br)cc1N. The van der Waals surface area contributed by atoms with Crippen LogP contribution in [0.5, 0.6) is 0 Å². The predicted octanol–water partition coefficient (Wildman–Crippen LogP) is 3.89. The van der Waals surface area contributed by atoms with Gasteiger partial charge >= 0.3 is 0 Å². The molecule has 0 spiro atoms. The lowest BCUT2D eigenvalue weighted by Gasteiger charge is -2.15. The van der Waals surface area contributed by atoms with Gasteiger partial charge < -0.3 is 11.1 Å². The van der Waals surface area contributed by atoms with Crippen LogP contribution >= 0.6 is 27.3 Å². The maximum atomic E-state index is 12.1. The van der Waals surface area contributed by atoms with Crippen molar-refractivity contribution in [2.45, 2.75) is 19.9 Å². The second-order valence-electron chi connectivity index (χ2n) is 4.34. The molecule has 1 amide bonds. The van der Waals surface area contributed by atoms with Crippen LogP contribution in [-0.2, 0) is 0 Å². The number of nitrogens with one attached hydrogen (secondary N) is 1. The largest absolute Gasteiger partial charge is 0.398 e. The van der Waals surface area contributed by atoms with Gasteiger partial charge in [-0.2, -0.15) is 0 Å². The number of thiophene rings is 1. The molecule has 100 valence electrons. The first-order valence-corrected chi connectivity index (χ1v) is 7.51. The zero-order chi connectivity index (χ0) is 14.0. The highest BCUT2D eigenvalue weighted by molar-refractivity contribution is 9.10. The van der Waals surface area contributed by atoms with Gasteiger partial charge in [-0.05, 0) is 31.5 Å². The second-order valence-corrected chi connectivity index (χ2v) is 6.45. The molecule has 0 saturated heterocycles. The molecule has 0 fully saturated rings. The van der Waals surface area contributed by atoms with E-state index in [4.69, 9.17) is 5.73 Å². The van der Waals surface area contributed by atoms with Crippen LogP contribution in [0.15, 0.2) is 34.8 Å². The van der Waals surface area contributed by atoms with Crippen LogP contribution in [0.25, 0.3) is 0 Å². The van der Waals surface area contributed by atoms with Gasteiger partial charge in [-0.3, -0.25) is 4.79 Å². The predicted molar refractivity (Wildman–Crippen MR) is 83.5 cm³/mol. The fraction of sp³-hybridized carbons (Fsp3) is 0.214. The number of nitrogen functional groups attached to an aromatic ring is 1. The molecule has 0 aliphatic heterocycles. The Morgan fingerprint density at radius 3 is 2.68 bits per heavy atom. The van der Waals surface area contributed by atoms with Gasteiger partial charge in [-0.1, -0.05) is 34.1 Å². The molecule has 1 unspecified atom stereocenters. The Labute approximate surface area is 125 Å². The van der Waals surface area contributed by atoms with E-state index in [9.17, 15) is 4.79 Å². The highest BCUT2D eigenvalue weighted by Gasteiger charge is 2.15. The van der Waals surface area contributed by atoms with Gasteiger partial charge in [-0.15, -0.1) is 11.3 Å². The van der Waals surface area contributed by atoms with Crippen molar-refractivity contribution in [1.82, 2.24) is 5.32 Å². The Kier molecular flexibility index (Phi) is 4.27. The topological polar surface area (TPSA) is 55.1 Å². The molecule has 5 heteroatoms. The van der Waals surface area contributed by atoms with Crippen molar-refractivity contribution in [2.24, 2.45) is 0 Å². The monoisotopic (exact) mass is 338 g/mol. The lowest BCUT2D eigenvalue weighted by atomic mass is 10.1. The molecule has 1 atom stereocenters. The van der Waals surface area contributed by atoms with Crippen molar-refractivity contribution in [2.75, 3.05) is 5.73 Å². The number of carbonyl (C=O) groups excluding carboxylic acids is 1. The van der Waals surface area contributed by atoms with Crippen LogP contribution in [-0.4, -0.2) is 5.91 Å². The number of anilines is 1. The second kappa shape index (κ2) is 5.75. The third-order valence-corrected chi connectivity index (χ3v) is 4.69. The van der Waals surface area contributed by atoms with Crippen LogP contribution in [0, 0.1) is 6.92 Å². The first-order chi connectivity index (χ1) is 8.99. The highest BCUT2D eigenvalue weighted by Crippen LogP contribution is 2.26. The van der Waals surface area contributed by atoms with Gasteiger partial charge in [-0.25, -0.2) is 0 Å². The van der Waals surface area contributed by atoms with E-state index >= 15 is 0 Å². The number of halogens is 1. The Morgan fingerprint density at radius 1 is 1.42 bits per heavy atom. The minimum atomic E-state index is -0.0898. The first kappa shape index (κ1) is 14.1. The minimum absolute atomic E-state index is 0.0632. The fourth-order valence-corrected chi connectivity index (χ4v) is 3.25. The van der Waals surface area contributed by atoms with E-state index in [0.29, 0.717) is 10.6 Å². The third kappa shape index (κ3) is 3.16. The zero-order valence-corrected chi connectivity index (χ0v) is 13.1. The summed E-state index contributed by atoms with van der Waals surface area (Å²) in [4.78, 5) is 13.8. The quantitative estimate of drug-likeness (QED) is 0.891. The summed E-state index contributed by atoms with van der Waals surface area (Å²) in [7, 11) is 0. The van der Waals surface area contributed by atoms with Crippen molar-refractivity contribution >= 4 is 38.9 Å². The Hall–Kier alpha value is -1.33. The van der Waals surface area contributed by atoms with Crippen LogP contribution in [0.1, 0.15) is 33.1 Å². The zero-order valence-electron chi connectivity index (χ0n) is 10.7. The number of hydrogen-bond donors (Lipinski definition) is 2. The van der Waals surface area contributed by atoms with E-state index in [0.717, 1.165) is 14.9 Å². The molecule has 0 saturated carbocycles. The van der Waals surface area contributed by atoms with Crippen molar-refractivity contribution in [3.05, 3.63) is 50.1 Å². The van der Waals surface area contributed by atoms with Crippen LogP contribution < -0.4 is 11.1 Å². The van der Waals surface area contributed by atoms with E-state index in [1.165, 1.54) is 11.3 Å². The molecular formula is C14H15BrN2OS. The van der Waals surface area contributed by atoms with Crippen molar-refractivity contribution in [3.63, 3.8) is 0 Å². The van der Waals surface area contributed by atoms with E-state index in [1.807, 2.05) is 38.1 Å². The number of aryl methyl sites for hydroxylation is 1. The minimum Gasteiger partial charge on any atom is -0.398 e. The maximum Gasteiger partial charge on any atom is 0.261 e. The third-order valence-electron chi connectivity index (χ3n) is 2.90. The van der Waals surface area contributed by atoms with Gasteiger partial charge in [0.25, 0.3) is 5.91 Å². The number of nitrogens with two attached hydrogens (primary N) is 1. The lowest BCUT2D eigenvalue weighted by Crippen LogP contribution is -2.26. The molecule has 0 aliphatic carbocycles. The lowest BCUT2D eigenvalue weighted by molar-refractivity contribution is 0.0944. The van der Waals surface area contributed by atoms with Crippen LogP contribution in [0.3, 0.4) is 0 Å². The van der Waals surface area contributed by atoms with Crippen molar-refractivity contribution < 1.29 is 4.79 Å². The van der Waals surface area contributed by atoms with Gasteiger partial charge in [0.2, 0.25) is 0 Å². The molecule has 3 nitrogen and oxygen atoms in total. The van der Waals surface area contributed by atoms with E-state index in [2.05, 4.69) is 21.2 Å². The van der Waals surface area contributed by atoms with Gasteiger partial charge in [0.05, 0.1) is 10.9 Å². The number of benzene rings is 1. The molecule has 0 radical (unpaired) electrons. The van der Waals surface area contributed by atoms with Gasteiger partial charge in [0.15, 0.2) is 0 Å². The Morgan fingerprint density at radius 2 is 2.11 bits per heavy atom. The summed E-state index contributed by atoms with van der Waals surface area (Å²) in [6, 6.07) is 9.52. The van der Waals surface area contributed by atoms with Crippen molar-refractivity contribution in [1.29, 1.82) is 0 Å². The average Bonchev–Trinajstić information content (AvgIpc) is 2.70. The first-order valence-electron chi connectivity index (χ1n) is 5.90. The molecular weight excluding hydrogens is 324 g/mol. The number of rotatable bonds is 3.